The molecule has 0 radical (unpaired) electrons. The van der Waals surface area contributed by atoms with E-state index in [0.717, 1.165) is 33.4 Å². The van der Waals surface area contributed by atoms with E-state index in [9.17, 15) is 14.4 Å². The van der Waals surface area contributed by atoms with Gasteiger partial charge in [-0.2, -0.15) is 0 Å². The molecule has 0 aliphatic heterocycles. The van der Waals surface area contributed by atoms with Crippen LogP contribution in [0.3, 0.4) is 0 Å². The van der Waals surface area contributed by atoms with Crippen molar-refractivity contribution in [3.05, 3.63) is 68.0 Å². The highest BCUT2D eigenvalue weighted by Gasteiger charge is 2.17. The first-order valence-corrected chi connectivity index (χ1v) is 10.2. The van der Waals surface area contributed by atoms with E-state index < -0.39 is 5.69 Å². The summed E-state index contributed by atoms with van der Waals surface area (Å²) in [6, 6.07) is 7.19. The van der Waals surface area contributed by atoms with E-state index in [1.807, 2.05) is 12.1 Å². The number of benzene rings is 1. The van der Waals surface area contributed by atoms with Crippen molar-refractivity contribution in [1.29, 1.82) is 0 Å². The molecule has 0 bridgehead atoms. The Balaban J connectivity index is 2.05. The lowest BCUT2D eigenvalue weighted by atomic mass is 10.1. The average molecular weight is 413 g/mol. The van der Waals surface area contributed by atoms with Crippen LogP contribution in [-0.4, -0.2) is 27.2 Å². The third kappa shape index (κ3) is 3.98. The normalized spacial score (nSPS) is 11.0. The third-order valence-electron chi connectivity index (χ3n) is 4.77. The Morgan fingerprint density at radius 2 is 1.83 bits per heavy atom. The number of esters is 1. The van der Waals surface area contributed by atoms with E-state index in [1.54, 1.807) is 37.1 Å². The topological polar surface area (TPSA) is 83.2 Å². The molecule has 0 saturated carbocycles. The molecule has 0 aliphatic carbocycles. The van der Waals surface area contributed by atoms with Crippen LogP contribution in [0.15, 0.2) is 44.9 Å². The first kappa shape index (κ1) is 20.9. The molecule has 8 heteroatoms. The summed E-state index contributed by atoms with van der Waals surface area (Å²) in [7, 11) is 4.46. The SMILES string of the molecule is CCCc1cnc2c(c1SCc1ccc(C(=O)OC)cc1)c(=O)n(C)c(=O)n2C. The molecule has 0 fully saturated rings. The number of aryl methyl sites for hydroxylation is 2. The zero-order chi connectivity index (χ0) is 21.1. The molecular weight excluding hydrogens is 390 g/mol. The van der Waals surface area contributed by atoms with Gasteiger partial charge < -0.3 is 4.74 Å². The summed E-state index contributed by atoms with van der Waals surface area (Å²) in [6.45, 7) is 2.07. The number of methoxy groups -OCH3 is 1. The van der Waals surface area contributed by atoms with Gasteiger partial charge in [0.1, 0.15) is 5.65 Å². The maximum absolute atomic E-state index is 12.9. The fourth-order valence-corrected chi connectivity index (χ4v) is 4.33. The number of ether oxygens (including phenoxy) is 1. The minimum Gasteiger partial charge on any atom is -0.465 e. The van der Waals surface area contributed by atoms with Crippen molar-refractivity contribution in [3.8, 4) is 0 Å². The number of carbonyl (C=O) groups is 1. The monoisotopic (exact) mass is 413 g/mol. The average Bonchev–Trinajstić information content (AvgIpc) is 2.74. The van der Waals surface area contributed by atoms with Crippen molar-refractivity contribution in [2.24, 2.45) is 14.1 Å². The van der Waals surface area contributed by atoms with Crippen molar-refractivity contribution in [2.45, 2.75) is 30.4 Å². The number of fused-ring (bicyclic) bond motifs is 1. The maximum atomic E-state index is 12.9. The van der Waals surface area contributed by atoms with Gasteiger partial charge in [-0.05, 0) is 29.7 Å². The highest BCUT2D eigenvalue weighted by molar-refractivity contribution is 7.98. The zero-order valence-electron chi connectivity index (χ0n) is 16.9. The van der Waals surface area contributed by atoms with Crippen molar-refractivity contribution in [3.63, 3.8) is 0 Å². The Labute approximate surface area is 172 Å². The molecule has 0 aliphatic rings. The van der Waals surface area contributed by atoms with Crippen molar-refractivity contribution < 1.29 is 9.53 Å². The van der Waals surface area contributed by atoms with E-state index in [1.165, 1.54) is 18.7 Å². The highest BCUT2D eigenvalue weighted by Crippen LogP contribution is 2.31. The first-order valence-electron chi connectivity index (χ1n) is 9.26. The summed E-state index contributed by atoms with van der Waals surface area (Å²) in [5, 5.41) is 0.469. The molecule has 0 N–H and O–H groups in total. The molecule has 7 nitrogen and oxygen atoms in total. The summed E-state index contributed by atoms with van der Waals surface area (Å²) in [4.78, 5) is 42.0. The number of aromatic nitrogens is 3. The van der Waals surface area contributed by atoms with Gasteiger partial charge >= 0.3 is 11.7 Å². The summed E-state index contributed by atoms with van der Waals surface area (Å²) in [5.74, 6) is 0.238. The Hall–Kier alpha value is -2.87. The number of rotatable bonds is 6. The Morgan fingerprint density at radius 3 is 2.45 bits per heavy atom. The minimum atomic E-state index is -0.396. The van der Waals surface area contributed by atoms with E-state index >= 15 is 0 Å². The van der Waals surface area contributed by atoms with Crippen molar-refractivity contribution >= 4 is 28.8 Å². The van der Waals surface area contributed by atoms with Gasteiger partial charge in [0.25, 0.3) is 5.56 Å². The fourth-order valence-electron chi connectivity index (χ4n) is 3.16. The maximum Gasteiger partial charge on any atom is 0.337 e. The van der Waals surface area contributed by atoms with Gasteiger partial charge in [-0.1, -0.05) is 25.5 Å². The summed E-state index contributed by atoms with van der Waals surface area (Å²) < 4.78 is 7.25. The van der Waals surface area contributed by atoms with Crippen LogP contribution < -0.4 is 11.2 Å². The number of thioether (sulfide) groups is 1. The smallest absolute Gasteiger partial charge is 0.337 e. The number of nitrogens with zero attached hydrogens (tertiary/aromatic N) is 3. The zero-order valence-corrected chi connectivity index (χ0v) is 17.7. The molecule has 1 aromatic carbocycles. The molecule has 2 heterocycles. The number of hydrogen-bond acceptors (Lipinski definition) is 6. The van der Waals surface area contributed by atoms with E-state index in [4.69, 9.17) is 4.74 Å². The number of carbonyl (C=O) groups excluding carboxylic acids is 1. The fraction of sp³-hybridized carbons (Fsp3) is 0.333. The molecule has 0 spiro atoms. The molecule has 0 unspecified atom stereocenters. The van der Waals surface area contributed by atoms with E-state index in [-0.39, 0.29) is 11.5 Å². The van der Waals surface area contributed by atoms with Crippen LogP contribution in [-0.2, 0) is 31.0 Å². The quantitative estimate of drug-likeness (QED) is 0.456. The van der Waals surface area contributed by atoms with Crippen LogP contribution in [0.5, 0.6) is 0 Å². The molecule has 0 saturated heterocycles. The predicted octanol–water partition coefficient (Wildman–Crippen LogP) is 2.66. The predicted molar refractivity (Wildman–Crippen MR) is 114 cm³/mol. The summed E-state index contributed by atoms with van der Waals surface area (Å²) in [5.41, 5.74) is 2.15. The van der Waals surface area contributed by atoms with Gasteiger partial charge in [0.05, 0.1) is 18.1 Å². The Bertz CT molecular complexity index is 1180. The second kappa shape index (κ2) is 8.65. The highest BCUT2D eigenvalue weighted by atomic mass is 32.2. The lowest BCUT2D eigenvalue weighted by Crippen LogP contribution is -2.37. The number of hydrogen-bond donors (Lipinski definition) is 0. The third-order valence-corrected chi connectivity index (χ3v) is 6.01. The molecule has 3 aromatic rings. The summed E-state index contributed by atoms with van der Waals surface area (Å²) >= 11 is 1.54. The second-order valence-corrected chi connectivity index (χ2v) is 7.73. The molecule has 0 amide bonds. The van der Waals surface area contributed by atoms with Crippen LogP contribution in [0, 0.1) is 0 Å². The molecular formula is C21H23N3O4S. The lowest BCUT2D eigenvalue weighted by Gasteiger charge is -2.14. The van der Waals surface area contributed by atoms with Crippen molar-refractivity contribution in [2.75, 3.05) is 7.11 Å². The van der Waals surface area contributed by atoms with Crippen LogP contribution in [0.25, 0.3) is 11.0 Å². The van der Waals surface area contributed by atoms with Gasteiger partial charge in [-0.25, -0.2) is 14.6 Å². The van der Waals surface area contributed by atoms with E-state index in [0.29, 0.717) is 22.3 Å². The van der Waals surface area contributed by atoms with Gasteiger partial charge in [0.2, 0.25) is 0 Å². The number of pyridine rings is 1. The molecule has 2 aromatic heterocycles. The molecule has 0 atom stereocenters. The largest absolute Gasteiger partial charge is 0.465 e. The van der Waals surface area contributed by atoms with Crippen LogP contribution >= 0.6 is 11.8 Å². The van der Waals surface area contributed by atoms with Gasteiger partial charge in [0, 0.05) is 30.9 Å². The molecule has 29 heavy (non-hydrogen) atoms. The standard InChI is InChI=1S/C21H23N3O4S/c1-5-6-15-11-22-18-16(19(25)24(3)21(27)23(18)2)17(15)29-12-13-7-9-14(10-8-13)20(26)28-4/h7-11H,5-6,12H2,1-4H3. The van der Waals surface area contributed by atoms with Crippen LogP contribution in [0.4, 0.5) is 0 Å². The van der Waals surface area contributed by atoms with Crippen molar-refractivity contribution in [1.82, 2.24) is 14.1 Å². The molecule has 3 rings (SSSR count). The second-order valence-electron chi connectivity index (χ2n) is 6.74. The lowest BCUT2D eigenvalue weighted by molar-refractivity contribution is 0.0600. The van der Waals surface area contributed by atoms with Gasteiger partial charge in [-0.3, -0.25) is 13.9 Å². The Morgan fingerprint density at radius 1 is 1.14 bits per heavy atom. The van der Waals surface area contributed by atoms with Crippen LogP contribution in [0.2, 0.25) is 0 Å². The molecule has 152 valence electrons. The van der Waals surface area contributed by atoms with Gasteiger partial charge in [0.15, 0.2) is 0 Å². The minimum absolute atomic E-state index is 0.336. The first-order chi connectivity index (χ1) is 13.9. The van der Waals surface area contributed by atoms with Gasteiger partial charge in [-0.15, -0.1) is 11.8 Å². The summed E-state index contributed by atoms with van der Waals surface area (Å²) in [6.07, 6.45) is 3.46. The van der Waals surface area contributed by atoms with Crippen LogP contribution in [0.1, 0.15) is 34.8 Å². The Kier molecular flexibility index (Phi) is 6.22. The van der Waals surface area contributed by atoms with E-state index in [2.05, 4.69) is 11.9 Å².